The van der Waals surface area contributed by atoms with Gasteiger partial charge in [-0.25, -0.2) is 9.59 Å². The third-order valence-electron chi connectivity index (χ3n) is 3.41. The minimum absolute atomic E-state index is 0.0579. The zero-order chi connectivity index (χ0) is 21.5. The van der Waals surface area contributed by atoms with Crippen molar-refractivity contribution in [3.63, 3.8) is 0 Å². The smallest absolute Gasteiger partial charge is 0.408 e. The van der Waals surface area contributed by atoms with E-state index in [1.807, 2.05) is 13.8 Å². The highest BCUT2D eigenvalue weighted by Gasteiger charge is 2.27. The van der Waals surface area contributed by atoms with E-state index in [2.05, 4.69) is 5.32 Å². The van der Waals surface area contributed by atoms with Crippen molar-refractivity contribution in [2.45, 2.75) is 52.7 Å². The minimum atomic E-state index is -0.979. The fraction of sp³-hybridized carbons (Fsp3) is 0.526. The molecule has 0 aromatic heterocycles. The molecule has 9 heteroatoms. The molecule has 0 saturated carbocycles. The number of nitro groups is 1. The molecular weight excluding hydrogens is 368 g/mol. The molecule has 0 aliphatic rings. The second kappa shape index (κ2) is 9.82. The summed E-state index contributed by atoms with van der Waals surface area (Å²) in [6.07, 6.45) is -0.469. The molecule has 1 aromatic rings. The van der Waals surface area contributed by atoms with E-state index >= 15 is 0 Å². The summed E-state index contributed by atoms with van der Waals surface area (Å²) in [5, 5.41) is 13.2. The summed E-state index contributed by atoms with van der Waals surface area (Å²) in [5.41, 5.74) is -0.905. The van der Waals surface area contributed by atoms with Crippen molar-refractivity contribution >= 4 is 23.5 Å². The van der Waals surface area contributed by atoms with Crippen molar-refractivity contribution in [1.29, 1.82) is 0 Å². The molecule has 154 valence electrons. The lowest BCUT2D eigenvalue weighted by atomic mass is 10.0. The third-order valence-corrected chi connectivity index (χ3v) is 3.41. The van der Waals surface area contributed by atoms with E-state index in [1.165, 1.54) is 18.2 Å². The molecule has 9 nitrogen and oxygen atoms in total. The number of hydrogen-bond acceptors (Lipinski definition) is 7. The van der Waals surface area contributed by atoms with Crippen molar-refractivity contribution in [3.05, 3.63) is 39.9 Å². The molecule has 0 aliphatic carbocycles. The zero-order valence-corrected chi connectivity index (χ0v) is 16.7. The topological polar surface area (TPSA) is 125 Å². The number of non-ortho nitro benzene ring substituents is 1. The highest BCUT2D eigenvalue weighted by atomic mass is 16.6. The van der Waals surface area contributed by atoms with E-state index in [-0.39, 0.29) is 17.2 Å². The highest BCUT2D eigenvalue weighted by Crippen LogP contribution is 2.14. The van der Waals surface area contributed by atoms with Crippen molar-refractivity contribution in [2.75, 3.05) is 6.61 Å². The molecule has 1 N–H and O–H groups in total. The molecule has 0 bridgehead atoms. The number of nitrogens with zero attached hydrogens (tertiary/aromatic N) is 1. The van der Waals surface area contributed by atoms with Crippen molar-refractivity contribution < 1.29 is 28.8 Å². The molecule has 1 rings (SSSR count). The van der Waals surface area contributed by atoms with Gasteiger partial charge in [0.15, 0.2) is 6.61 Å². The first kappa shape index (κ1) is 23.1. The maximum absolute atomic E-state index is 12.3. The largest absolute Gasteiger partial charge is 0.456 e. The first-order valence-corrected chi connectivity index (χ1v) is 8.83. The molecule has 0 aliphatic heterocycles. The third kappa shape index (κ3) is 8.15. The fourth-order valence-electron chi connectivity index (χ4n) is 2.25. The molecule has 0 saturated heterocycles. The Kier molecular flexibility index (Phi) is 8.09. The molecule has 28 heavy (non-hydrogen) atoms. The van der Waals surface area contributed by atoms with Gasteiger partial charge in [-0.3, -0.25) is 14.9 Å². The number of amides is 1. The van der Waals surface area contributed by atoms with Gasteiger partial charge in [0.05, 0.1) is 4.92 Å². The lowest BCUT2D eigenvalue weighted by Gasteiger charge is -2.23. The van der Waals surface area contributed by atoms with Crippen LogP contribution in [0.2, 0.25) is 0 Å². The number of ether oxygens (including phenoxy) is 2. The number of nitrogens with one attached hydrogen (secondary N) is 1. The Labute approximate surface area is 163 Å². The van der Waals surface area contributed by atoms with Crippen LogP contribution in [0.4, 0.5) is 10.5 Å². The van der Waals surface area contributed by atoms with Gasteiger partial charge in [0.2, 0.25) is 5.78 Å². The molecular formula is C19H26N2O7. The summed E-state index contributed by atoms with van der Waals surface area (Å²) in [6.45, 7) is 8.22. The lowest BCUT2D eigenvalue weighted by Crippen LogP contribution is -2.45. The molecule has 1 atom stereocenters. The van der Waals surface area contributed by atoms with Gasteiger partial charge >= 0.3 is 12.1 Å². The normalized spacial score (nSPS) is 12.2. The van der Waals surface area contributed by atoms with Crippen molar-refractivity contribution in [3.8, 4) is 0 Å². The summed E-state index contributed by atoms with van der Waals surface area (Å²) in [4.78, 5) is 46.6. The highest BCUT2D eigenvalue weighted by molar-refractivity contribution is 5.98. The van der Waals surface area contributed by atoms with E-state index in [1.54, 1.807) is 20.8 Å². The van der Waals surface area contributed by atoms with Gasteiger partial charge in [-0.2, -0.15) is 0 Å². The van der Waals surface area contributed by atoms with E-state index in [4.69, 9.17) is 9.47 Å². The maximum atomic E-state index is 12.3. The number of ketones is 1. The molecule has 0 fully saturated rings. The van der Waals surface area contributed by atoms with Gasteiger partial charge in [0.25, 0.3) is 5.69 Å². The van der Waals surface area contributed by atoms with Crippen LogP contribution >= 0.6 is 0 Å². The molecule has 0 heterocycles. The SMILES string of the molecule is CC(C)C[C@H](NC(=O)OC(C)(C)C)C(=O)OCC(=O)c1cccc([N+](=O)[O-])c1. The Balaban J connectivity index is 2.74. The van der Waals surface area contributed by atoms with Gasteiger partial charge in [-0.1, -0.05) is 26.0 Å². The Bertz CT molecular complexity index is 738. The van der Waals surface area contributed by atoms with Gasteiger partial charge in [-0.05, 0) is 33.1 Å². The molecule has 0 spiro atoms. The van der Waals surface area contributed by atoms with Crippen molar-refractivity contribution in [1.82, 2.24) is 5.32 Å². The zero-order valence-electron chi connectivity index (χ0n) is 16.7. The number of Topliss-reactive ketones (excluding diaryl/α,β-unsaturated/α-hetero) is 1. The maximum Gasteiger partial charge on any atom is 0.408 e. The lowest BCUT2D eigenvalue weighted by molar-refractivity contribution is -0.384. The van der Waals surface area contributed by atoms with Crippen LogP contribution in [0.15, 0.2) is 24.3 Å². The summed E-state index contributed by atoms with van der Waals surface area (Å²) in [6, 6.07) is 4.16. The van der Waals surface area contributed by atoms with Crippen LogP contribution in [0.5, 0.6) is 0 Å². The summed E-state index contributed by atoms with van der Waals surface area (Å²) in [5.74, 6) is -1.30. The summed E-state index contributed by atoms with van der Waals surface area (Å²) in [7, 11) is 0. The number of rotatable bonds is 8. The van der Waals surface area contributed by atoms with Gasteiger partial charge in [0, 0.05) is 17.7 Å². The molecule has 0 unspecified atom stereocenters. The van der Waals surface area contributed by atoms with E-state index in [0.717, 1.165) is 6.07 Å². The van der Waals surface area contributed by atoms with E-state index in [0.29, 0.717) is 6.42 Å². The number of carbonyl (C=O) groups excluding carboxylic acids is 3. The van der Waals surface area contributed by atoms with E-state index < -0.39 is 41.0 Å². The molecule has 1 aromatic carbocycles. The summed E-state index contributed by atoms with van der Waals surface area (Å²) >= 11 is 0. The quantitative estimate of drug-likeness (QED) is 0.310. The first-order valence-electron chi connectivity index (χ1n) is 8.83. The van der Waals surface area contributed by atoms with Crippen LogP contribution in [0, 0.1) is 16.0 Å². The van der Waals surface area contributed by atoms with Crippen LogP contribution in [0.25, 0.3) is 0 Å². The van der Waals surface area contributed by atoms with E-state index in [9.17, 15) is 24.5 Å². The van der Waals surface area contributed by atoms with Crippen LogP contribution in [0.1, 0.15) is 51.4 Å². The summed E-state index contributed by atoms with van der Waals surface area (Å²) < 4.78 is 10.2. The Morgan fingerprint density at radius 2 is 1.86 bits per heavy atom. The second-order valence-electron chi connectivity index (χ2n) is 7.67. The number of nitro benzene ring substituents is 1. The average molecular weight is 394 g/mol. The second-order valence-corrected chi connectivity index (χ2v) is 7.67. The number of esters is 1. The van der Waals surface area contributed by atoms with Crippen LogP contribution in [-0.4, -0.2) is 41.0 Å². The van der Waals surface area contributed by atoms with Crippen LogP contribution < -0.4 is 5.32 Å². The van der Waals surface area contributed by atoms with Crippen LogP contribution in [-0.2, 0) is 14.3 Å². The first-order chi connectivity index (χ1) is 12.9. The number of benzene rings is 1. The predicted octanol–water partition coefficient (Wildman–Crippen LogP) is 3.26. The number of alkyl carbamates (subject to hydrolysis) is 1. The predicted molar refractivity (Wildman–Crippen MR) is 101 cm³/mol. The van der Waals surface area contributed by atoms with Gasteiger partial charge in [0.1, 0.15) is 11.6 Å². The minimum Gasteiger partial charge on any atom is -0.456 e. The standard InChI is InChI=1S/C19H26N2O7/c1-12(2)9-15(20-18(24)28-19(3,4)5)17(23)27-11-16(22)13-7-6-8-14(10-13)21(25)26/h6-8,10,12,15H,9,11H2,1-5H3,(H,20,24)/t15-/m0/s1. The Morgan fingerprint density at radius 1 is 1.21 bits per heavy atom. The number of hydrogen-bond donors (Lipinski definition) is 1. The Hall–Kier alpha value is -2.97. The van der Waals surface area contributed by atoms with Crippen LogP contribution in [0.3, 0.4) is 0 Å². The number of carbonyl (C=O) groups is 3. The fourth-order valence-corrected chi connectivity index (χ4v) is 2.25. The van der Waals surface area contributed by atoms with Gasteiger partial charge < -0.3 is 14.8 Å². The van der Waals surface area contributed by atoms with Gasteiger partial charge in [-0.15, -0.1) is 0 Å². The monoisotopic (exact) mass is 394 g/mol. The Morgan fingerprint density at radius 3 is 2.39 bits per heavy atom. The molecule has 1 amide bonds. The van der Waals surface area contributed by atoms with Crippen molar-refractivity contribution in [2.24, 2.45) is 5.92 Å². The average Bonchev–Trinajstić information content (AvgIpc) is 2.56. The molecule has 0 radical (unpaired) electrons.